The van der Waals surface area contributed by atoms with E-state index in [9.17, 15) is 9.59 Å². The molecule has 1 amide bonds. The average Bonchev–Trinajstić information content (AvgIpc) is 2.36. The van der Waals surface area contributed by atoms with Crippen molar-refractivity contribution in [3.63, 3.8) is 0 Å². The summed E-state index contributed by atoms with van der Waals surface area (Å²) in [5.74, 6) is -0.272. The van der Waals surface area contributed by atoms with Gasteiger partial charge in [-0.3, -0.25) is 14.6 Å². The molecule has 0 atom stereocenters. The molecule has 0 radical (unpaired) electrons. The minimum Gasteiger partial charge on any atom is -0.466 e. The molecule has 0 unspecified atom stereocenters. The van der Waals surface area contributed by atoms with Crippen LogP contribution in [0.15, 0.2) is 24.5 Å². The Labute approximate surface area is 107 Å². The largest absolute Gasteiger partial charge is 0.466 e. The Kier molecular flexibility index (Phi) is 6.46. The Bertz CT molecular complexity index is 379. The molecule has 0 aliphatic carbocycles. The second kappa shape index (κ2) is 8.22. The molecule has 0 aliphatic heterocycles. The van der Waals surface area contributed by atoms with Crippen molar-refractivity contribution in [3.05, 3.63) is 30.1 Å². The first kappa shape index (κ1) is 14.2. The summed E-state index contributed by atoms with van der Waals surface area (Å²) in [4.78, 5) is 26.5. The van der Waals surface area contributed by atoms with Gasteiger partial charge in [0, 0.05) is 25.4 Å². The van der Waals surface area contributed by atoms with Gasteiger partial charge in [0.15, 0.2) is 0 Å². The van der Waals surface area contributed by atoms with Crippen LogP contribution >= 0.6 is 0 Å². The van der Waals surface area contributed by atoms with Crippen molar-refractivity contribution < 1.29 is 14.3 Å². The van der Waals surface area contributed by atoms with Gasteiger partial charge < -0.3 is 10.1 Å². The monoisotopic (exact) mass is 250 g/mol. The lowest BCUT2D eigenvalue weighted by Gasteiger charge is -2.05. The zero-order valence-electron chi connectivity index (χ0n) is 10.5. The molecule has 0 saturated carbocycles. The van der Waals surface area contributed by atoms with E-state index in [1.807, 2.05) is 0 Å². The molecule has 0 aromatic carbocycles. The van der Waals surface area contributed by atoms with Gasteiger partial charge in [-0.15, -0.1) is 0 Å². The third kappa shape index (κ3) is 5.98. The Morgan fingerprint density at radius 3 is 2.72 bits per heavy atom. The minimum atomic E-state index is -0.221. The van der Waals surface area contributed by atoms with Crippen LogP contribution in [0.3, 0.4) is 0 Å². The van der Waals surface area contributed by atoms with E-state index in [1.165, 1.54) is 0 Å². The van der Waals surface area contributed by atoms with Gasteiger partial charge in [-0.25, -0.2) is 0 Å². The second-order valence-electron chi connectivity index (χ2n) is 3.79. The molecule has 5 nitrogen and oxygen atoms in total. The van der Waals surface area contributed by atoms with Crippen LogP contribution in [0.1, 0.15) is 25.3 Å². The molecule has 1 aromatic rings. The molecular weight excluding hydrogens is 232 g/mol. The maximum Gasteiger partial charge on any atom is 0.305 e. The molecule has 0 aliphatic rings. The van der Waals surface area contributed by atoms with Gasteiger partial charge in [0.05, 0.1) is 13.0 Å². The van der Waals surface area contributed by atoms with Gasteiger partial charge in [0.1, 0.15) is 0 Å². The molecule has 0 fully saturated rings. The fraction of sp³-hybridized carbons (Fsp3) is 0.462. The SMILES string of the molecule is CCOC(=O)CCCNC(=O)Cc1ccncc1. The first-order valence-electron chi connectivity index (χ1n) is 6.03. The van der Waals surface area contributed by atoms with Crippen LogP contribution in [0.5, 0.6) is 0 Å². The Balaban J connectivity index is 2.12. The highest BCUT2D eigenvalue weighted by Crippen LogP contribution is 1.97. The highest BCUT2D eigenvalue weighted by atomic mass is 16.5. The number of ether oxygens (including phenoxy) is 1. The summed E-state index contributed by atoms with van der Waals surface area (Å²) in [5, 5.41) is 2.76. The molecule has 0 spiro atoms. The summed E-state index contributed by atoms with van der Waals surface area (Å²) in [7, 11) is 0. The minimum absolute atomic E-state index is 0.0509. The number of nitrogens with one attached hydrogen (secondary N) is 1. The number of carbonyl (C=O) groups is 2. The first-order chi connectivity index (χ1) is 8.72. The Morgan fingerprint density at radius 2 is 2.06 bits per heavy atom. The predicted molar refractivity (Wildman–Crippen MR) is 66.8 cm³/mol. The van der Waals surface area contributed by atoms with Crippen LogP contribution in [-0.2, 0) is 20.7 Å². The van der Waals surface area contributed by atoms with E-state index in [2.05, 4.69) is 10.3 Å². The van der Waals surface area contributed by atoms with Crippen LogP contribution in [0.4, 0.5) is 0 Å². The van der Waals surface area contributed by atoms with Gasteiger partial charge in [-0.1, -0.05) is 0 Å². The number of esters is 1. The van der Waals surface area contributed by atoms with Crippen LogP contribution in [0.2, 0.25) is 0 Å². The fourth-order valence-electron chi connectivity index (χ4n) is 1.44. The zero-order chi connectivity index (χ0) is 13.2. The smallest absolute Gasteiger partial charge is 0.305 e. The van der Waals surface area contributed by atoms with Gasteiger partial charge in [-0.2, -0.15) is 0 Å². The van der Waals surface area contributed by atoms with Gasteiger partial charge in [0.2, 0.25) is 5.91 Å². The van der Waals surface area contributed by atoms with Crippen LogP contribution in [0, 0.1) is 0 Å². The van der Waals surface area contributed by atoms with E-state index in [0.29, 0.717) is 32.4 Å². The number of pyridine rings is 1. The lowest BCUT2D eigenvalue weighted by atomic mass is 10.2. The van der Waals surface area contributed by atoms with E-state index < -0.39 is 0 Å². The summed E-state index contributed by atoms with van der Waals surface area (Å²) in [6, 6.07) is 3.61. The molecule has 0 bridgehead atoms. The molecule has 1 heterocycles. The lowest BCUT2D eigenvalue weighted by molar-refractivity contribution is -0.143. The molecule has 0 saturated heterocycles. The third-order valence-corrected chi connectivity index (χ3v) is 2.30. The predicted octanol–water partition coefficient (Wildman–Crippen LogP) is 1.08. The van der Waals surface area contributed by atoms with E-state index in [4.69, 9.17) is 4.74 Å². The molecule has 18 heavy (non-hydrogen) atoms. The van der Waals surface area contributed by atoms with E-state index in [-0.39, 0.29) is 11.9 Å². The van der Waals surface area contributed by atoms with E-state index in [1.54, 1.807) is 31.5 Å². The average molecular weight is 250 g/mol. The zero-order valence-corrected chi connectivity index (χ0v) is 10.5. The highest BCUT2D eigenvalue weighted by molar-refractivity contribution is 5.78. The van der Waals surface area contributed by atoms with Crippen molar-refractivity contribution in [2.45, 2.75) is 26.2 Å². The number of nitrogens with zero attached hydrogens (tertiary/aromatic N) is 1. The summed E-state index contributed by atoms with van der Waals surface area (Å²) in [5.41, 5.74) is 0.924. The van der Waals surface area contributed by atoms with Crippen molar-refractivity contribution in [1.82, 2.24) is 10.3 Å². The molecular formula is C13H18N2O3. The summed E-state index contributed by atoms with van der Waals surface area (Å²) in [6.07, 6.45) is 4.58. The number of rotatable bonds is 7. The van der Waals surface area contributed by atoms with Gasteiger partial charge >= 0.3 is 5.97 Å². The van der Waals surface area contributed by atoms with E-state index in [0.717, 1.165) is 5.56 Å². The number of hydrogen-bond acceptors (Lipinski definition) is 4. The Morgan fingerprint density at radius 1 is 1.33 bits per heavy atom. The van der Waals surface area contributed by atoms with Crippen molar-refractivity contribution in [1.29, 1.82) is 0 Å². The maximum absolute atomic E-state index is 11.5. The number of hydrogen-bond donors (Lipinski definition) is 1. The summed E-state index contributed by atoms with van der Waals surface area (Å²) < 4.78 is 4.79. The highest BCUT2D eigenvalue weighted by Gasteiger charge is 2.04. The van der Waals surface area contributed by atoms with E-state index >= 15 is 0 Å². The maximum atomic E-state index is 11.5. The number of carbonyl (C=O) groups excluding carboxylic acids is 2. The molecule has 1 N–H and O–H groups in total. The first-order valence-corrected chi connectivity index (χ1v) is 6.03. The van der Waals surface area contributed by atoms with Gasteiger partial charge in [0.25, 0.3) is 0 Å². The third-order valence-electron chi connectivity index (χ3n) is 2.30. The van der Waals surface area contributed by atoms with Crippen molar-refractivity contribution >= 4 is 11.9 Å². The quantitative estimate of drug-likeness (QED) is 0.581. The topological polar surface area (TPSA) is 68.3 Å². The Hall–Kier alpha value is -1.91. The van der Waals surface area contributed by atoms with Gasteiger partial charge in [-0.05, 0) is 31.0 Å². The number of amides is 1. The molecule has 98 valence electrons. The lowest BCUT2D eigenvalue weighted by Crippen LogP contribution is -2.26. The fourth-order valence-corrected chi connectivity index (χ4v) is 1.44. The standard InChI is InChI=1S/C13H18N2O3/c1-2-18-13(17)4-3-7-15-12(16)10-11-5-8-14-9-6-11/h5-6,8-9H,2-4,7,10H2,1H3,(H,15,16). The van der Waals surface area contributed by atoms with Crippen LogP contribution in [-0.4, -0.2) is 30.0 Å². The molecule has 1 aromatic heterocycles. The number of aromatic nitrogens is 1. The normalized spacial score (nSPS) is 9.83. The van der Waals surface area contributed by atoms with Crippen molar-refractivity contribution in [2.75, 3.05) is 13.2 Å². The van der Waals surface area contributed by atoms with Crippen LogP contribution < -0.4 is 5.32 Å². The summed E-state index contributed by atoms with van der Waals surface area (Å²) >= 11 is 0. The summed E-state index contributed by atoms with van der Waals surface area (Å²) in [6.45, 7) is 2.66. The van der Waals surface area contributed by atoms with Crippen LogP contribution in [0.25, 0.3) is 0 Å². The molecule has 5 heteroatoms. The van der Waals surface area contributed by atoms with Crippen molar-refractivity contribution in [3.8, 4) is 0 Å². The molecule has 1 rings (SSSR count). The second-order valence-corrected chi connectivity index (χ2v) is 3.79. The van der Waals surface area contributed by atoms with Crippen molar-refractivity contribution in [2.24, 2.45) is 0 Å².